The summed E-state index contributed by atoms with van der Waals surface area (Å²) in [5.74, 6) is 0.505. The third-order valence-electron chi connectivity index (χ3n) is 2.44. The first kappa shape index (κ1) is 11.2. The van der Waals surface area contributed by atoms with Crippen molar-refractivity contribution >= 4 is 5.69 Å². The van der Waals surface area contributed by atoms with Crippen molar-refractivity contribution < 1.29 is 4.74 Å². The molecule has 2 heterocycles. The average molecular weight is 253 g/mol. The normalized spacial score (nSPS) is 10.3. The lowest BCUT2D eigenvalue weighted by Gasteiger charge is -2.01. The molecule has 3 rings (SSSR count). The van der Waals surface area contributed by atoms with Crippen LogP contribution in [0.25, 0.3) is 5.69 Å². The highest BCUT2D eigenvalue weighted by molar-refractivity contribution is 5.40. The van der Waals surface area contributed by atoms with Crippen LogP contribution in [0.2, 0.25) is 0 Å². The Kier molecular flexibility index (Phi) is 2.82. The van der Waals surface area contributed by atoms with Crippen LogP contribution >= 0.6 is 0 Å². The van der Waals surface area contributed by atoms with Crippen molar-refractivity contribution in [1.82, 2.24) is 19.7 Å². The van der Waals surface area contributed by atoms with Crippen LogP contribution in [0.3, 0.4) is 0 Å². The van der Waals surface area contributed by atoms with Crippen LogP contribution in [0.5, 0.6) is 11.8 Å². The second kappa shape index (κ2) is 4.77. The van der Waals surface area contributed by atoms with Gasteiger partial charge in [0.1, 0.15) is 6.33 Å². The van der Waals surface area contributed by atoms with Crippen molar-refractivity contribution in [2.45, 2.75) is 0 Å². The Labute approximate surface area is 109 Å². The maximum Gasteiger partial charge on any atom is 0.341 e. The van der Waals surface area contributed by atoms with E-state index in [2.05, 4.69) is 15.1 Å². The zero-order valence-corrected chi connectivity index (χ0v) is 9.97. The van der Waals surface area contributed by atoms with Gasteiger partial charge in [-0.05, 0) is 12.1 Å². The molecule has 0 atom stereocenters. The molecular formula is C13H11N5O. The molecule has 94 valence electrons. The van der Waals surface area contributed by atoms with E-state index in [1.165, 1.54) is 0 Å². The van der Waals surface area contributed by atoms with Crippen LogP contribution in [-0.2, 0) is 0 Å². The fourth-order valence-electron chi connectivity index (χ4n) is 1.60. The number of para-hydroxylation sites is 1. The average Bonchev–Trinajstić information content (AvgIpc) is 2.88. The molecule has 6 nitrogen and oxygen atoms in total. The topological polar surface area (TPSA) is 78.9 Å². The number of nitrogens with two attached hydrogens (primary N) is 1. The van der Waals surface area contributed by atoms with Gasteiger partial charge >= 0.3 is 6.01 Å². The number of rotatable bonds is 3. The number of nitrogens with zero attached hydrogens (tertiary/aromatic N) is 4. The van der Waals surface area contributed by atoms with E-state index < -0.39 is 0 Å². The summed E-state index contributed by atoms with van der Waals surface area (Å²) in [5.41, 5.74) is 7.06. The van der Waals surface area contributed by atoms with Gasteiger partial charge in [-0.3, -0.25) is 4.98 Å². The zero-order chi connectivity index (χ0) is 13.1. The largest absolute Gasteiger partial charge is 0.421 e. The summed E-state index contributed by atoms with van der Waals surface area (Å²) in [6.07, 6.45) is 4.69. The van der Waals surface area contributed by atoms with Crippen LogP contribution in [0, 0.1) is 0 Å². The van der Waals surface area contributed by atoms with Crippen molar-refractivity contribution in [3.8, 4) is 17.4 Å². The summed E-state index contributed by atoms with van der Waals surface area (Å²) in [6.45, 7) is 0. The van der Waals surface area contributed by atoms with E-state index >= 15 is 0 Å². The highest BCUT2D eigenvalue weighted by Crippen LogP contribution is 2.18. The summed E-state index contributed by atoms with van der Waals surface area (Å²) in [5, 5.41) is 4.22. The molecule has 2 aromatic heterocycles. The van der Waals surface area contributed by atoms with Crippen LogP contribution in [-0.4, -0.2) is 19.7 Å². The molecule has 0 aliphatic carbocycles. The van der Waals surface area contributed by atoms with Gasteiger partial charge in [-0.15, -0.1) is 5.10 Å². The SMILES string of the molecule is Nc1cncc(Oc2ncn(-c3ccccc3)n2)c1. The van der Waals surface area contributed by atoms with Gasteiger partial charge in [0.2, 0.25) is 0 Å². The lowest BCUT2D eigenvalue weighted by atomic mass is 10.3. The van der Waals surface area contributed by atoms with Crippen molar-refractivity contribution in [1.29, 1.82) is 0 Å². The summed E-state index contributed by atoms with van der Waals surface area (Å²) in [6, 6.07) is 11.6. The monoisotopic (exact) mass is 253 g/mol. The Morgan fingerprint density at radius 3 is 2.74 bits per heavy atom. The highest BCUT2D eigenvalue weighted by atomic mass is 16.5. The van der Waals surface area contributed by atoms with E-state index in [0.717, 1.165) is 5.69 Å². The second-order valence-electron chi connectivity index (χ2n) is 3.86. The fourth-order valence-corrected chi connectivity index (χ4v) is 1.60. The van der Waals surface area contributed by atoms with Gasteiger partial charge in [0.25, 0.3) is 0 Å². The summed E-state index contributed by atoms with van der Waals surface area (Å²) in [4.78, 5) is 8.01. The van der Waals surface area contributed by atoms with Gasteiger partial charge in [-0.25, -0.2) is 4.68 Å². The molecule has 6 heteroatoms. The molecule has 0 aliphatic heterocycles. The van der Waals surface area contributed by atoms with Crippen molar-refractivity contribution in [2.75, 3.05) is 5.73 Å². The minimum absolute atomic E-state index is 0.247. The van der Waals surface area contributed by atoms with Gasteiger partial charge in [0.05, 0.1) is 23.8 Å². The van der Waals surface area contributed by atoms with Crippen molar-refractivity contribution in [3.05, 3.63) is 55.1 Å². The Bertz CT molecular complexity index is 680. The van der Waals surface area contributed by atoms with Gasteiger partial charge in [-0.2, -0.15) is 4.98 Å². The first-order chi connectivity index (χ1) is 9.31. The van der Waals surface area contributed by atoms with Crippen LogP contribution in [0.15, 0.2) is 55.1 Å². The van der Waals surface area contributed by atoms with E-state index in [1.807, 2.05) is 30.3 Å². The number of aromatic nitrogens is 4. The molecule has 0 radical (unpaired) electrons. The summed E-state index contributed by atoms with van der Waals surface area (Å²) in [7, 11) is 0. The number of ether oxygens (including phenoxy) is 1. The summed E-state index contributed by atoms with van der Waals surface area (Å²) < 4.78 is 7.11. The third kappa shape index (κ3) is 2.52. The van der Waals surface area contributed by atoms with E-state index in [-0.39, 0.29) is 6.01 Å². The molecule has 0 saturated carbocycles. The number of benzene rings is 1. The zero-order valence-electron chi connectivity index (χ0n) is 9.97. The number of nitrogen functional groups attached to an aromatic ring is 1. The highest BCUT2D eigenvalue weighted by Gasteiger charge is 2.05. The first-order valence-corrected chi connectivity index (χ1v) is 5.67. The minimum atomic E-state index is 0.247. The molecule has 0 bridgehead atoms. The third-order valence-corrected chi connectivity index (χ3v) is 2.44. The van der Waals surface area contributed by atoms with E-state index in [1.54, 1.807) is 29.5 Å². The molecule has 0 saturated heterocycles. The molecule has 0 spiro atoms. The van der Waals surface area contributed by atoms with Crippen LogP contribution < -0.4 is 10.5 Å². The molecule has 0 aliphatic rings. The Balaban J connectivity index is 1.82. The van der Waals surface area contributed by atoms with Gasteiger partial charge in [-0.1, -0.05) is 18.2 Å². The molecule has 2 N–H and O–H groups in total. The number of hydrogen-bond acceptors (Lipinski definition) is 5. The second-order valence-corrected chi connectivity index (χ2v) is 3.86. The predicted octanol–water partition coefficient (Wildman–Crippen LogP) is 2.04. The maximum absolute atomic E-state index is 5.62. The number of anilines is 1. The lowest BCUT2D eigenvalue weighted by molar-refractivity contribution is 0.440. The van der Waals surface area contributed by atoms with Crippen molar-refractivity contribution in [3.63, 3.8) is 0 Å². The van der Waals surface area contributed by atoms with Crippen LogP contribution in [0.4, 0.5) is 5.69 Å². The fraction of sp³-hybridized carbons (Fsp3) is 0. The van der Waals surface area contributed by atoms with Gasteiger partial charge < -0.3 is 10.5 Å². The van der Waals surface area contributed by atoms with Gasteiger partial charge in [0, 0.05) is 6.07 Å². The van der Waals surface area contributed by atoms with E-state index in [9.17, 15) is 0 Å². The Hall–Kier alpha value is -2.89. The Morgan fingerprint density at radius 2 is 1.95 bits per heavy atom. The van der Waals surface area contributed by atoms with Crippen LogP contribution in [0.1, 0.15) is 0 Å². The first-order valence-electron chi connectivity index (χ1n) is 5.67. The van der Waals surface area contributed by atoms with E-state index in [4.69, 9.17) is 10.5 Å². The Morgan fingerprint density at radius 1 is 1.11 bits per heavy atom. The van der Waals surface area contributed by atoms with E-state index in [0.29, 0.717) is 11.4 Å². The molecule has 0 amide bonds. The number of hydrogen-bond donors (Lipinski definition) is 1. The summed E-state index contributed by atoms with van der Waals surface area (Å²) >= 11 is 0. The molecule has 0 unspecified atom stereocenters. The predicted molar refractivity (Wildman–Crippen MR) is 70.1 cm³/mol. The quantitative estimate of drug-likeness (QED) is 0.772. The molecule has 1 aromatic carbocycles. The maximum atomic E-state index is 5.62. The lowest BCUT2D eigenvalue weighted by Crippen LogP contribution is -1.95. The molecule has 3 aromatic rings. The van der Waals surface area contributed by atoms with Crippen molar-refractivity contribution in [2.24, 2.45) is 0 Å². The number of pyridine rings is 1. The molecule has 0 fully saturated rings. The standard InChI is InChI=1S/C13H11N5O/c14-10-6-12(8-15-7-10)19-13-16-9-18(17-13)11-4-2-1-3-5-11/h1-9H,14H2. The molecule has 19 heavy (non-hydrogen) atoms. The molecular weight excluding hydrogens is 242 g/mol. The minimum Gasteiger partial charge on any atom is -0.421 e. The smallest absolute Gasteiger partial charge is 0.341 e. The van der Waals surface area contributed by atoms with Gasteiger partial charge in [0.15, 0.2) is 5.75 Å².